The molecule has 0 spiro atoms. The van der Waals surface area contributed by atoms with Crippen molar-refractivity contribution < 1.29 is 9.32 Å². The van der Waals surface area contributed by atoms with Gasteiger partial charge in [0.2, 0.25) is 5.76 Å². The van der Waals surface area contributed by atoms with Crippen LogP contribution in [0, 0.1) is 11.3 Å². The number of rotatable bonds is 3. The van der Waals surface area contributed by atoms with Crippen LogP contribution in [-0.2, 0) is 0 Å². The van der Waals surface area contributed by atoms with Gasteiger partial charge in [-0.15, -0.1) is 0 Å². The first-order valence-corrected chi connectivity index (χ1v) is 7.76. The summed E-state index contributed by atoms with van der Waals surface area (Å²) in [4.78, 5) is 12.2. The average molecular weight is 298 g/mol. The van der Waals surface area contributed by atoms with E-state index >= 15 is 0 Å². The van der Waals surface area contributed by atoms with E-state index in [-0.39, 0.29) is 17.7 Å². The normalized spacial score (nSPS) is 21.2. The molecular formula is C18H22N2O2. The van der Waals surface area contributed by atoms with E-state index < -0.39 is 0 Å². The Bertz CT molecular complexity index is 649. The van der Waals surface area contributed by atoms with E-state index in [4.69, 9.17) is 4.52 Å². The lowest BCUT2D eigenvalue weighted by Crippen LogP contribution is -2.47. The molecule has 1 aliphatic rings. The van der Waals surface area contributed by atoms with E-state index in [1.807, 2.05) is 30.3 Å². The second-order valence-corrected chi connectivity index (χ2v) is 7.15. The fraction of sp³-hybridized carbons (Fsp3) is 0.444. The highest BCUT2D eigenvalue weighted by Crippen LogP contribution is 2.41. The fourth-order valence-corrected chi connectivity index (χ4v) is 2.83. The average Bonchev–Trinajstić information content (AvgIpc) is 2.91. The zero-order chi connectivity index (χ0) is 15.7. The predicted octanol–water partition coefficient (Wildman–Crippen LogP) is 3.90. The Kier molecular flexibility index (Phi) is 3.77. The quantitative estimate of drug-likeness (QED) is 0.935. The van der Waals surface area contributed by atoms with Crippen LogP contribution in [0.15, 0.2) is 40.9 Å². The number of benzene rings is 1. The van der Waals surface area contributed by atoms with Crippen LogP contribution < -0.4 is 5.32 Å². The van der Waals surface area contributed by atoms with Crippen molar-refractivity contribution in [3.8, 4) is 11.3 Å². The molecule has 1 aliphatic carbocycles. The lowest BCUT2D eigenvalue weighted by molar-refractivity contribution is 0.0718. The third-order valence-corrected chi connectivity index (χ3v) is 4.50. The molecule has 0 atom stereocenters. The molecule has 1 saturated carbocycles. The Morgan fingerprint density at radius 2 is 1.91 bits per heavy atom. The third kappa shape index (κ3) is 3.06. The summed E-state index contributed by atoms with van der Waals surface area (Å²) in [6.07, 6.45) is 2.07. The minimum atomic E-state index is -0.174. The number of nitrogens with zero attached hydrogens (tertiary/aromatic N) is 1. The molecular weight excluding hydrogens is 276 g/mol. The fourth-order valence-electron chi connectivity index (χ4n) is 2.83. The largest absolute Gasteiger partial charge is 0.350 e. The topological polar surface area (TPSA) is 55.1 Å². The molecule has 1 fully saturated rings. The van der Waals surface area contributed by atoms with Gasteiger partial charge < -0.3 is 9.84 Å². The molecule has 0 saturated heterocycles. The molecule has 4 nitrogen and oxygen atoms in total. The molecule has 3 rings (SSSR count). The summed E-state index contributed by atoms with van der Waals surface area (Å²) < 4.78 is 5.18. The molecule has 1 aromatic heterocycles. The molecule has 116 valence electrons. The first kappa shape index (κ1) is 14.8. The smallest absolute Gasteiger partial charge is 0.290 e. The van der Waals surface area contributed by atoms with Crippen molar-refractivity contribution in [2.45, 2.75) is 39.7 Å². The first-order valence-electron chi connectivity index (χ1n) is 7.76. The minimum absolute atomic E-state index is 0.174. The SMILES string of the molecule is CC(C)(C)C1CC(NC(=O)c2cc(-c3ccccc3)no2)C1. The lowest BCUT2D eigenvalue weighted by atomic mass is 9.66. The van der Waals surface area contributed by atoms with Crippen molar-refractivity contribution in [3.05, 3.63) is 42.2 Å². The molecule has 2 aromatic rings. The van der Waals surface area contributed by atoms with Crippen molar-refractivity contribution in [2.75, 3.05) is 0 Å². The Labute approximate surface area is 130 Å². The lowest BCUT2D eigenvalue weighted by Gasteiger charge is -2.43. The number of hydrogen-bond donors (Lipinski definition) is 1. The van der Waals surface area contributed by atoms with Gasteiger partial charge in [-0.2, -0.15) is 0 Å². The molecule has 1 amide bonds. The van der Waals surface area contributed by atoms with E-state index in [1.165, 1.54) is 0 Å². The maximum absolute atomic E-state index is 12.2. The van der Waals surface area contributed by atoms with Gasteiger partial charge in [0.1, 0.15) is 5.69 Å². The van der Waals surface area contributed by atoms with Gasteiger partial charge in [-0.25, -0.2) is 0 Å². The highest BCUT2D eigenvalue weighted by Gasteiger charge is 2.38. The van der Waals surface area contributed by atoms with Crippen LogP contribution in [0.2, 0.25) is 0 Å². The van der Waals surface area contributed by atoms with E-state index in [2.05, 4.69) is 31.2 Å². The molecule has 0 unspecified atom stereocenters. The Morgan fingerprint density at radius 1 is 1.23 bits per heavy atom. The van der Waals surface area contributed by atoms with E-state index in [0.717, 1.165) is 18.4 Å². The van der Waals surface area contributed by atoms with Crippen LogP contribution in [0.1, 0.15) is 44.2 Å². The minimum Gasteiger partial charge on any atom is -0.350 e. The third-order valence-electron chi connectivity index (χ3n) is 4.50. The van der Waals surface area contributed by atoms with Gasteiger partial charge in [-0.1, -0.05) is 56.3 Å². The zero-order valence-electron chi connectivity index (χ0n) is 13.3. The van der Waals surface area contributed by atoms with Gasteiger partial charge in [0.25, 0.3) is 5.91 Å². The van der Waals surface area contributed by atoms with Gasteiger partial charge in [0, 0.05) is 17.7 Å². The van der Waals surface area contributed by atoms with Crippen LogP contribution >= 0.6 is 0 Å². The maximum atomic E-state index is 12.2. The second kappa shape index (κ2) is 5.59. The number of amides is 1. The summed E-state index contributed by atoms with van der Waals surface area (Å²) in [5.74, 6) is 0.775. The summed E-state index contributed by atoms with van der Waals surface area (Å²) >= 11 is 0. The number of hydrogen-bond acceptors (Lipinski definition) is 3. The van der Waals surface area contributed by atoms with Crippen LogP contribution in [0.25, 0.3) is 11.3 Å². The zero-order valence-corrected chi connectivity index (χ0v) is 13.3. The molecule has 0 bridgehead atoms. The monoisotopic (exact) mass is 298 g/mol. The molecule has 0 aliphatic heterocycles. The first-order chi connectivity index (χ1) is 10.4. The molecule has 1 heterocycles. The van der Waals surface area contributed by atoms with Crippen LogP contribution in [-0.4, -0.2) is 17.1 Å². The van der Waals surface area contributed by atoms with Gasteiger partial charge >= 0.3 is 0 Å². The highest BCUT2D eigenvalue weighted by molar-refractivity contribution is 5.92. The Balaban J connectivity index is 1.59. The molecule has 1 N–H and O–H groups in total. The van der Waals surface area contributed by atoms with Crippen LogP contribution in [0.5, 0.6) is 0 Å². The van der Waals surface area contributed by atoms with Crippen LogP contribution in [0.4, 0.5) is 0 Å². The summed E-state index contributed by atoms with van der Waals surface area (Å²) in [7, 11) is 0. The molecule has 4 heteroatoms. The standard InChI is InChI=1S/C18H22N2O2/c1-18(2,3)13-9-14(10-13)19-17(21)16-11-15(20-22-16)12-7-5-4-6-8-12/h4-8,11,13-14H,9-10H2,1-3H3,(H,19,21). The van der Waals surface area contributed by atoms with Gasteiger partial charge in [-0.05, 0) is 24.2 Å². The van der Waals surface area contributed by atoms with Crippen molar-refractivity contribution in [1.82, 2.24) is 10.5 Å². The molecule has 22 heavy (non-hydrogen) atoms. The van der Waals surface area contributed by atoms with Gasteiger partial charge in [0.05, 0.1) is 0 Å². The van der Waals surface area contributed by atoms with E-state index in [9.17, 15) is 4.79 Å². The summed E-state index contributed by atoms with van der Waals surface area (Å²) in [6, 6.07) is 11.7. The maximum Gasteiger partial charge on any atom is 0.290 e. The van der Waals surface area contributed by atoms with Crippen molar-refractivity contribution >= 4 is 5.91 Å². The summed E-state index contributed by atoms with van der Waals surface area (Å²) in [5, 5.41) is 7.00. The van der Waals surface area contributed by atoms with E-state index in [0.29, 0.717) is 17.0 Å². The number of aromatic nitrogens is 1. The van der Waals surface area contributed by atoms with E-state index in [1.54, 1.807) is 6.07 Å². The predicted molar refractivity (Wildman–Crippen MR) is 85.4 cm³/mol. The number of nitrogens with one attached hydrogen (secondary N) is 1. The Hall–Kier alpha value is -2.10. The number of carbonyl (C=O) groups excluding carboxylic acids is 1. The summed E-state index contributed by atoms with van der Waals surface area (Å²) in [5.41, 5.74) is 1.95. The second-order valence-electron chi connectivity index (χ2n) is 7.15. The van der Waals surface area contributed by atoms with Crippen molar-refractivity contribution in [2.24, 2.45) is 11.3 Å². The van der Waals surface area contributed by atoms with Crippen molar-refractivity contribution in [3.63, 3.8) is 0 Å². The molecule has 1 aromatic carbocycles. The highest BCUT2D eigenvalue weighted by atomic mass is 16.5. The van der Waals surface area contributed by atoms with Crippen molar-refractivity contribution in [1.29, 1.82) is 0 Å². The summed E-state index contributed by atoms with van der Waals surface area (Å²) in [6.45, 7) is 6.74. The van der Waals surface area contributed by atoms with Gasteiger partial charge in [0.15, 0.2) is 0 Å². The Morgan fingerprint density at radius 3 is 2.55 bits per heavy atom. The number of carbonyl (C=O) groups is 1. The molecule has 0 radical (unpaired) electrons. The van der Waals surface area contributed by atoms with Crippen LogP contribution in [0.3, 0.4) is 0 Å². The van der Waals surface area contributed by atoms with Gasteiger partial charge in [-0.3, -0.25) is 4.79 Å².